The number of hydrogen-bond donors (Lipinski definition) is 2. The summed E-state index contributed by atoms with van der Waals surface area (Å²) in [6.45, 7) is -0.153. The first kappa shape index (κ1) is 13.7. The standard InChI is InChI=1S/C13H14N2O3S/c16-10-12-5-1-2-6-13(12)19(17,18)15-9-11-4-3-7-14-8-11/h1-8,15-16H,9-10H2. The minimum absolute atomic E-state index is 0.0985. The van der Waals surface area contributed by atoms with E-state index in [1.807, 2.05) is 0 Å². The molecular weight excluding hydrogens is 264 g/mol. The van der Waals surface area contributed by atoms with Crippen LogP contribution in [0.1, 0.15) is 11.1 Å². The van der Waals surface area contributed by atoms with E-state index in [4.69, 9.17) is 5.11 Å². The number of nitrogens with zero attached hydrogens (tertiary/aromatic N) is 1. The maximum atomic E-state index is 12.1. The number of nitrogens with one attached hydrogen (secondary N) is 1. The molecule has 0 fully saturated rings. The molecule has 0 spiro atoms. The molecule has 6 heteroatoms. The second kappa shape index (κ2) is 5.92. The van der Waals surface area contributed by atoms with E-state index in [1.54, 1.807) is 42.7 Å². The second-order valence-corrected chi connectivity index (χ2v) is 5.69. The van der Waals surface area contributed by atoms with Gasteiger partial charge in [-0.05, 0) is 23.3 Å². The number of aliphatic hydroxyl groups is 1. The summed E-state index contributed by atoms with van der Waals surface area (Å²) >= 11 is 0. The molecule has 0 radical (unpaired) electrons. The van der Waals surface area contributed by atoms with E-state index >= 15 is 0 Å². The van der Waals surface area contributed by atoms with Gasteiger partial charge >= 0.3 is 0 Å². The van der Waals surface area contributed by atoms with Crippen LogP contribution in [0.2, 0.25) is 0 Å². The Balaban J connectivity index is 2.19. The lowest BCUT2D eigenvalue weighted by Crippen LogP contribution is -2.24. The van der Waals surface area contributed by atoms with Crippen LogP contribution in [0.3, 0.4) is 0 Å². The number of pyridine rings is 1. The predicted octanol–water partition coefficient (Wildman–Crippen LogP) is 1.05. The summed E-state index contributed by atoms with van der Waals surface area (Å²) in [5.74, 6) is 0. The van der Waals surface area contributed by atoms with Crippen LogP contribution in [-0.2, 0) is 23.2 Å². The molecule has 100 valence electrons. The molecule has 1 aromatic carbocycles. The molecule has 0 aliphatic rings. The molecule has 5 nitrogen and oxygen atoms in total. The second-order valence-electron chi connectivity index (χ2n) is 3.95. The maximum absolute atomic E-state index is 12.1. The van der Waals surface area contributed by atoms with E-state index in [-0.39, 0.29) is 18.0 Å². The average Bonchev–Trinajstić information content (AvgIpc) is 2.46. The third-order valence-corrected chi connectivity index (χ3v) is 4.12. The van der Waals surface area contributed by atoms with Crippen LogP contribution in [0, 0.1) is 0 Å². The number of benzene rings is 1. The topological polar surface area (TPSA) is 79.3 Å². The number of sulfonamides is 1. The summed E-state index contributed by atoms with van der Waals surface area (Å²) in [6.07, 6.45) is 3.22. The maximum Gasteiger partial charge on any atom is 0.241 e. The summed E-state index contributed by atoms with van der Waals surface area (Å²) in [4.78, 5) is 4.02. The largest absolute Gasteiger partial charge is 0.392 e. The van der Waals surface area contributed by atoms with Crippen molar-refractivity contribution in [2.45, 2.75) is 18.0 Å². The minimum atomic E-state index is -3.64. The Kier molecular flexibility index (Phi) is 4.26. The van der Waals surface area contributed by atoms with Gasteiger partial charge in [-0.3, -0.25) is 4.98 Å². The van der Waals surface area contributed by atoms with Crippen LogP contribution in [0.15, 0.2) is 53.7 Å². The zero-order chi connectivity index (χ0) is 13.7. The zero-order valence-corrected chi connectivity index (χ0v) is 11.0. The van der Waals surface area contributed by atoms with Crippen molar-refractivity contribution in [3.63, 3.8) is 0 Å². The molecule has 19 heavy (non-hydrogen) atoms. The van der Waals surface area contributed by atoms with E-state index in [0.717, 1.165) is 5.56 Å². The van der Waals surface area contributed by atoms with Gasteiger partial charge in [-0.15, -0.1) is 0 Å². The van der Waals surface area contributed by atoms with Gasteiger partial charge in [0, 0.05) is 18.9 Å². The zero-order valence-electron chi connectivity index (χ0n) is 10.2. The number of hydrogen-bond acceptors (Lipinski definition) is 4. The van der Waals surface area contributed by atoms with Crippen LogP contribution in [0.4, 0.5) is 0 Å². The van der Waals surface area contributed by atoms with Gasteiger partial charge in [0.05, 0.1) is 11.5 Å². The number of aromatic nitrogens is 1. The van der Waals surface area contributed by atoms with Crippen LogP contribution in [0.5, 0.6) is 0 Å². The fourth-order valence-electron chi connectivity index (χ4n) is 1.66. The van der Waals surface area contributed by atoms with Crippen LogP contribution in [0.25, 0.3) is 0 Å². The first-order valence-corrected chi connectivity index (χ1v) is 7.19. The van der Waals surface area contributed by atoms with Crippen molar-refractivity contribution in [1.82, 2.24) is 9.71 Å². The van der Waals surface area contributed by atoms with E-state index in [1.165, 1.54) is 6.07 Å². The van der Waals surface area contributed by atoms with Gasteiger partial charge < -0.3 is 5.11 Å². The Morgan fingerprint density at radius 3 is 2.63 bits per heavy atom. The SMILES string of the molecule is O=S(=O)(NCc1cccnc1)c1ccccc1CO. The Hall–Kier alpha value is -1.76. The summed E-state index contributed by atoms with van der Waals surface area (Å²) < 4.78 is 26.8. The van der Waals surface area contributed by atoms with Gasteiger partial charge in [0.2, 0.25) is 10.0 Å². The fourth-order valence-corrected chi connectivity index (χ4v) is 2.90. The highest BCUT2D eigenvalue weighted by Crippen LogP contribution is 2.15. The summed E-state index contributed by atoms with van der Waals surface area (Å²) in [7, 11) is -3.64. The van der Waals surface area contributed by atoms with Crippen LogP contribution in [-0.4, -0.2) is 18.5 Å². The Bertz CT molecular complexity index is 642. The lowest BCUT2D eigenvalue weighted by Gasteiger charge is -2.09. The fraction of sp³-hybridized carbons (Fsp3) is 0.154. The molecule has 0 unspecified atom stereocenters. The highest BCUT2D eigenvalue weighted by Gasteiger charge is 2.17. The van der Waals surface area contributed by atoms with Crippen LogP contribution >= 0.6 is 0 Å². The molecule has 0 saturated heterocycles. The number of rotatable bonds is 5. The van der Waals surface area contributed by atoms with Gasteiger partial charge in [-0.25, -0.2) is 13.1 Å². The van der Waals surface area contributed by atoms with Crippen molar-refractivity contribution in [1.29, 1.82) is 0 Å². The molecule has 0 saturated carbocycles. The van der Waals surface area contributed by atoms with Crippen molar-refractivity contribution < 1.29 is 13.5 Å². The molecule has 0 bridgehead atoms. The molecule has 0 atom stereocenters. The van der Waals surface area contributed by atoms with Crippen molar-refractivity contribution in [2.24, 2.45) is 0 Å². The first-order valence-electron chi connectivity index (χ1n) is 5.71. The lowest BCUT2D eigenvalue weighted by atomic mass is 10.2. The summed E-state index contributed by atoms with van der Waals surface area (Å²) in [5, 5.41) is 9.16. The molecular formula is C13H14N2O3S. The highest BCUT2D eigenvalue weighted by molar-refractivity contribution is 7.89. The molecule has 1 heterocycles. The first-order chi connectivity index (χ1) is 9.13. The van der Waals surface area contributed by atoms with E-state index < -0.39 is 10.0 Å². The predicted molar refractivity (Wildman–Crippen MR) is 70.6 cm³/mol. The average molecular weight is 278 g/mol. The van der Waals surface area contributed by atoms with Crippen molar-refractivity contribution >= 4 is 10.0 Å². The van der Waals surface area contributed by atoms with Gasteiger partial charge in [0.1, 0.15) is 0 Å². The Morgan fingerprint density at radius 1 is 1.16 bits per heavy atom. The van der Waals surface area contributed by atoms with Gasteiger partial charge in [0.25, 0.3) is 0 Å². The molecule has 0 amide bonds. The molecule has 0 aliphatic heterocycles. The monoisotopic (exact) mass is 278 g/mol. The van der Waals surface area contributed by atoms with Gasteiger partial charge in [-0.1, -0.05) is 24.3 Å². The van der Waals surface area contributed by atoms with Crippen LogP contribution < -0.4 is 4.72 Å². The van der Waals surface area contributed by atoms with Gasteiger partial charge in [-0.2, -0.15) is 0 Å². The smallest absolute Gasteiger partial charge is 0.241 e. The van der Waals surface area contributed by atoms with E-state index in [2.05, 4.69) is 9.71 Å². The highest BCUT2D eigenvalue weighted by atomic mass is 32.2. The molecule has 1 aromatic heterocycles. The molecule has 2 aromatic rings. The van der Waals surface area contributed by atoms with Gasteiger partial charge in [0.15, 0.2) is 0 Å². The Morgan fingerprint density at radius 2 is 1.95 bits per heavy atom. The van der Waals surface area contributed by atoms with Crippen molar-refractivity contribution in [3.05, 3.63) is 59.9 Å². The van der Waals surface area contributed by atoms with E-state index in [9.17, 15) is 8.42 Å². The minimum Gasteiger partial charge on any atom is -0.392 e. The lowest BCUT2D eigenvalue weighted by molar-refractivity contribution is 0.278. The summed E-state index contributed by atoms with van der Waals surface area (Å²) in [6, 6.07) is 9.89. The molecule has 0 aliphatic carbocycles. The summed E-state index contributed by atoms with van der Waals surface area (Å²) in [5.41, 5.74) is 1.15. The molecule has 2 N–H and O–H groups in total. The number of aliphatic hydroxyl groups excluding tert-OH is 1. The molecule has 2 rings (SSSR count). The normalized spacial score (nSPS) is 11.4. The van der Waals surface area contributed by atoms with Crippen molar-refractivity contribution in [2.75, 3.05) is 0 Å². The van der Waals surface area contributed by atoms with Crippen molar-refractivity contribution in [3.8, 4) is 0 Å². The Labute approximate surface area is 112 Å². The van der Waals surface area contributed by atoms with E-state index in [0.29, 0.717) is 5.56 Å². The third kappa shape index (κ3) is 3.37. The third-order valence-electron chi connectivity index (χ3n) is 2.62. The quantitative estimate of drug-likeness (QED) is 0.857.